The molecule has 0 saturated heterocycles. The lowest BCUT2D eigenvalue weighted by molar-refractivity contribution is 0.0198. The third-order valence-electron chi connectivity index (χ3n) is 39.9. The first-order valence-electron chi connectivity index (χ1n) is 46.8. The average Bonchev–Trinajstić information content (AvgIpc) is 1.50. The van der Waals surface area contributed by atoms with Crippen LogP contribution in [-0.2, 0) is 0 Å². The number of hydrogen-bond donors (Lipinski definition) is 0. The third-order valence-corrected chi connectivity index (χ3v) is 39.9. The van der Waals surface area contributed by atoms with Crippen molar-refractivity contribution < 1.29 is 0 Å². The van der Waals surface area contributed by atoms with Gasteiger partial charge in [0.15, 0.2) is 0 Å². The van der Waals surface area contributed by atoms with Crippen molar-refractivity contribution in [3.63, 3.8) is 0 Å². The van der Waals surface area contributed by atoms with Crippen LogP contribution in [0, 0.1) is 224 Å². The smallest absolute Gasteiger partial charge is 0.0289 e. The molecule has 18 atom stereocenters. The Kier molecular flexibility index (Phi) is 18.5. The molecule has 35 aliphatic rings. The summed E-state index contributed by atoms with van der Waals surface area (Å²) < 4.78 is 0. The van der Waals surface area contributed by atoms with E-state index in [9.17, 15) is 0 Å². The number of fused-ring (bicyclic) bond motifs is 40. The minimum Gasteiger partial charge on any atom is -0.0593 e. The number of hydrogen-bond acceptors (Lipinski definition) is 0. The Morgan fingerprint density at radius 3 is 0.768 bits per heavy atom. The lowest BCUT2D eigenvalue weighted by Crippen LogP contribution is -2.38. The zero-order valence-electron chi connectivity index (χ0n) is 62.5. The molecule has 0 spiro atoms. The fourth-order valence-corrected chi connectivity index (χ4v) is 35.7. The van der Waals surface area contributed by atoms with E-state index in [4.69, 9.17) is 0 Å². The highest BCUT2D eigenvalue weighted by atomic mass is 14.8. The van der Waals surface area contributed by atoms with Crippen molar-refractivity contribution in [2.75, 3.05) is 0 Å². The molecule has 532 valence electrons. The van der Waals surface area contributed by atoms with Crippen LogP contribution in [0.5, 0.6) is 0 Å². The molecule has 26 bridgehead atoms. The Morgan fingerprint density at radius 2 is 0.453 bits per heavy atom. The quantitative estimate of drug-likeness (QED) is 0.212. The molecule has 0 radical (unpaired) electrons. The maximum Gasteiger partial charge on any atom is -0.0289 e. The Balaban J connectivity index is 0.0000000727. The molecule has 0 aromatic carbocycles. The van der Waals surface area contributed by atoms with Gasteiger partial charge in [-0.1, -0.05) is 142 Å². The van der Waals surface area contributed by atoms with E-state index in [0.29, 0.717) is 0 Å². The molecule has 0 aromatic heterocycles. The fraction of sp³-hybridized carbons (Fsp3) is 1.00. The molecule has 95 heavy (non-hydrogen) atoms. The second kappa shape index (κ2) is 27.2. The predicted octanol–water partition coefficient (Wildman–Crippen LogP) is 26.9. The summed E-state index contributed by atoms with van der Waals surface area (Å²) in [5.74, 6) is 44.7. The minimum atomic E-state index is 0.815. The molecule has 35 rings (SSSR count). The summed E-state index contributed by atoms with van der Waals surface area (Å²) in [5, 5.41) is 0. The normalized spacial score (nSPS) is 58.3. The van der Waals surface area contributed by atoms with Crippen molar-refractivity contribution in [3.05, 3.63) is 0 Å². The molecule has 0 heterocycles. The van der Waals surface area contributed by atoms with Crippen LogP contribution < -0.4 is 0 Å². The van der Waals surface area contributed by atoms with Gasteiger partial charge in [0.05, 0.1) is 0 Å². The van der Waals surface area contributed by atoms with E-state index in [1.165, 1.54) is 240 Å². The molecule has 18 unspecified atom stereocenters. The van der Waals surface area contributed by atoms with Crippen molar-refractivity contribution in [3.8, 4) is 0 Å². The van der Waals surface area contributed by atoms with E-state index >= 15 is 0 Å². The highest BCUT2D eigenvalue weighted by Gasteiger charge is 2.76. The molecule has 0 nitrogen and oxygen atoms in total. The average molecular weight is 1290 g/mol. The first kappa shape index (κ1) is 64.6. The molecule has 35 fully saturated rings. The van der Waals surface area contributed by atoms with Crippen LogP contribution in [0.1, 0.15) is 366 Å². The van der Waals surface area contributed by atoms with Crippen molar-refractivity contribution >= 4 is 0 Å². The van der Waals surface area contributed by atoms with Gasteiger partial charge in [0.25, 0.3) is 0 Å². The van der Waals surface area contributed by atoms with Crippen LogP contribution in [0.15, 0.2) is 0 Å². The first-order valence-corrected chi connectivity index (χ1v) is 46.8. The van der Waals surface area contributed by atoms with Crippen LogP contribution in [0.25, 0.3) is 0 Å². The van der Waals surface area contributed by atoms with E-state index in [2.05, 4.69) is 6.92 Å². The van der Waals surface area contributed by atoms with Crippen molar-refractivity contribution in [1.82, 2.24) is 0 Å². The fourth-order valence-electron chi connectivity index (χ4n) is 35.7. The third kappa shape index (κ3) is 13.1. The summed E-state index contributed by atoms with van der Waals surface area (Å²) in [7, 11) is 0. The molecule has 35 aliphatic carbocycles. The summed E-state index contributed by atoms with van der Waals surface area (Å²) in [6.45, 7) is 2.61. The zero-order chi connectivity index (χ0) is 62.5. The summed E-state index contributed by atoms with van der Waals surface area (Å²) in [5.41, 5.74) is 0.815. The van der Waals surface area contributed by atoms with Gasteiger partial charge in [-0.25, -0.2) is 0 Å². The Labute approximate surface area is 587 Å². The molecule has 0 N–H and O–H groups in total. The van der Waals surface area contributed by atoms with E-state index in [1.807, 2.05) is 0 Å². The zero-order valence-corrected chi connectivity index (χ0v) is 62.5. The van der Waals surface area contributed by atoms with Crippen molar-refractivity contribution in [1.29, 1.82) is 0 Å². The lowest BCUT2D eigenvalue weighted by atomic mass is 9.56. The Bertz CT molecular complexity index is 2290. The Hall–Kier alpha value is 0. The van der Waals surface area contributed by atoms with E-state index in [-0.39, 0.29) is 0 Å². The van der Waals surface area contributed by atoms with Crippen LogP contribution >= 0.6 is 0 Å². The van der Waals surface area contributed by atoms with Gasteiger partial charge in [0.1, 0.15) is 0 Å². The van der Waals surface area contributed by atoms with Gasteiger partial charge in [-0.15, -0.1) is 0 Å². The Morgan fingerprint density at radius 1 is 0.168 bits per heavy atom. The van der Waals surface area contributed by atoms with E-state index < -0.39 is 0 Å². The molecular weight excluding hydrogens is 1140 g/mol. The summed E-state index contributed by atoms with van der Waals surface area (Å²) in [4.78, 5) is 0. The summed E-state index contributed by atoms with van der Waals surface area (Å²) in [6.07, 6.45) is 88.5. The molecular formula is C95H152. The largest absolute Gasteiger partial charge is 0.0593 e. The van der Waals surface area contributed by atoms with Gasteiger partial charge in [-0.2, -0.15) is 0 Å². The highest BCUT2D eigenvalue weighted by molar-refractivity contribution is 5.24. The monoisotopic (exact) mass is 1290 g/mol. The molecule has 0 aliphatic heterocycles. The van der Waals surface area contributed by atoms with Crippen LogP contribution in [0.2, 0.25) is 0 Å². The van der Waals surface area contributed by atoms with Gasteiger partial charge < -0.3 is 0 Å². The van der Waals surface area contributed by atoms with Crippen LogP contribution in [0.4, 0.5) is 0 Å². The van der Waals surface area contributed by atoms with Gasteiger partial charge in [0.2, 0.25) is 0 Å². The number of rotatable bonds is 0. The maximum absolute atomic E-state index is 2.61. The van der Waals surface area contributed by atoms with Gasteiger partial charge in [-0.05, 0) is 449 Å². The molecule has 0 heteroatoms. The summed E-state index contributed by atoms with van der Waals surface area (Å²) >= 11 is 0. The van der Waals surface area contributed by atoms with Gasteiger partial charge in [-0.3, -0.25) is 0 Å². The SMILES string of the molecule is C1C2CC3CC1CC(C2)C3.C1C2CC3CC1CC3C2.C1CC2C3C(C1)C23.C1CC2C3C1C23.C1CC2C3CCC(C3)C2C1.C1CC2CC1C1CC21.C1CC2CC1C1CCC21.C1CC2CCCC(C1)CCC2.C1CCC2CCCC(C1)CCC2.CC12CCC(C1)C1C3CCC(C3)C12. The second-order valence-electron chi connectivity index (χ2n) is 44.5. The van der Waals surface area contributed by atoms with Gasteiger partial charge in [0, 0.05) is 0 Å². The van der Waals surface area contributed by atoms with Crippen LogP contribution in [-0.4, -0.2) is 0 Å². The van der Waals surface area contributed by atoms with Crippen molar-refractivity contribution in [2.45, 2.75) is 366 Å². The molecule has 0 amide bonds. The maximum atomic E-state index is 2.61. The molecule has 0 aromatic rings. The topological polar surface area (TPSA) is 0 Å². The van der Waals surface area contributed by atoms with E-state index in [0.717, 1.165) is 29.1 Å². The minimum absolute atomic E-state index is 0.815. The van der Waals surface area contributed by atoms with Crippen molar-refractivity contribution in [2.24, 2.45) is 224 Å². The van der Waals surface area contributed by atoms with E-state index in [1.54, 1.807) is 315 Å². The van der Waals surface area contributed by atoms with Gasteiger partial charge >= 0.3 is 0 Å². The lowest BCUT2D eigenvalue weighted by Gasteiger charge is -2.49. The first-order chi connectivity index (χ1) is 46.8. The standard InChI is InChI=1S/C13H20.C12H22.C11H20.2C10H16.2C9H14.C8H12.C7H10.C6H8/c1-13-5-4-10(7-13)11-8-2-3-9(6-8)12(11)13;1-2-6-12-9-3-7-11(5-1)8-4-10-12;1-4-10-6-2-7-11(5-1)9-3-8-10;1-7-2-9-4-8(1)5-10(3-7)6-9;1-2-9-7-4-5-8(6-7)10(9)3-1;1-6-2-8-4-7(1)5-9(8)3-6;1-2-7-5-6(1)8-3-4-9(7)8;1-2-6-3-5(1)7-4-8(6)7;1-2-4-6-5(3-1)7(4)6;1-2-4-5-3(1)6(4)5/h8-12H,2-7H2,1H3;11-12H,1-10H2;10-11H,1-9H2;2*7-10H,1-6H2;2*6-9H,1-5H2;5-8H,1-4H2;4-7H,1-3H2;3-6H,1-2H2. The van der Waals surface area contributed by atoms with Crippen LogP contribution in [0.3, 0.4) is 0 Å². The summed E-state index contributed by atoms with van der Waals surface area (Å²) in [6, 6.07) is 0. The molecule has 35 saturated carbocycles. The second-order valence-corrected chi connectivity index (χ2v) is 44.5. The predicted molar refractivity (Wildman–Crippen MR) is 396 cm³/mol. The highest BCUT2D eigenvalue weighted by Crippen LogP contribution is 2.82.